The van der Waals surface area contributed by atoms with E-state index in [-0.39, 0.29) is 0 Å². The Balaban J connectivity index is 1.79. The largest absolute Gasteiger partial charge is 0.377 e. The summed E-state index contributed by atoms with van der Waals surface area (Å²) < 4.78 is 5.88. The number of hydrogen-bond donors (Lipinski definition) is 1. The summed E-state index contributed by atoms with van der Waals surface area (Å²) in [6.07, 6.45) is 2.80. The van der Waals surface area contributed by atoms with Crippen molar-refractivity contribution < 1.29 is 4.74 Å². The molecule has 2 heterocycles. The van der Waals surface area contributed by atoms with Crippen molar-refractivity contribution in [3.8, 4) is 0 Å². The van der Waals surface area contributed by atoms with Crippen LogP contribution in [0.15, 0.2) is 18.2 Å². The number of H-pyrrole nitrogens is 1. The first-order valence-electron chi connectivity index (χ1n) is 9.10. The number of fused-ring (bicyclic) bond motifs is 1. The third-order valence-electron chi connectivity index (χ3n) is 5.17. The van der Waals surface area contributed by atoms with Gasteiger partial charge in [0.05, 0.1) is 11.6 Å². The van der Waals surface area contributed by atoms with Gasteiger partial charge in [-0.05, 0) is 51.9 Å². The van der Waals surface area contributed by atoms with Crippen molar-refractivity contribution in [3.05, 3.63) is 35.0 Å². The van der Waals surface area contributed by atoms with Crippen molar-refractivity contribution >= 4 is 10.9 Å². The summed E-state index contributed by atoms with van der Waals surface area (Å²) in [7, 11) is 4.28. The first-order chi connectivity index (χ1) is 11.5. The highest BCUT2D eigenvalue weighted by Crippen LogP contribution is 2.25. The van der Waals surface area contributed by atoms with Gasteiger partial charge in [-0.1, -0.05) is 18.2 Å². The predicted molar refractivity (Wildman–Crippen MR) is 101 cm³/mol. The first kappa shape index (κ1) is 17.5. The van der Waals surface area contributed by atoms with Gasteiger partial charge in [-0.3, -0.25) is 4.90 Å². The molecule has 132 valence electrons. The van der Waals surface area contributed by atoms with Gasteiger partial charge in [0.1, 0.15) is 0 Å². The van der Waals surface area contributed by atoms with Crippen molar-refractivity contribution in [3.63, 3.8) is 0 Å². The molecule has 4 nitrogen and oxygen atoms in total. The molecule has 1 saturated heterocycles. The van der Waals surface area contributed by atoms with Gasteiger partial charge in [-0.25, -0.2) is 0 Å². The molecule has 1 aliphatic heterocycles. The Morgan fingerprint density at radius 2 is 2.04 bits per heavy atom. The van der Waals surface area contributed by atoms with Gasteiger partial charge in [-0.15, -0.1) is 0 Å². The zero-order valence-corrected chi connectivity index (χ0v) is 15.6. The molecule has 1 aromatic heterocycles. The topological polar surface area (TPSA) is 31.5 Å². The summed E-state index contributed by atoms with van der Waals surface area (Å²) in [5, 5.41) is 1.36. The predicted octanol–water partition coefficient (Wildman–Crippen LogP) is 3.33. The number of hydrogen-bond acceptors (Lipinski definition) is 3. The molecule has 0 amide bonds. The smallest absolute Gasteiger partial charge is 0.0702 e. The molecule has 1 fully saturated rings. The van der Waals surface area contributed by atoms with Gasteiger partial charge < -0.3 is 14.6 Å². The van der Waals surface area contributed by atoms with E-state index in [9.17, 15) is 0 Å². The van der Waals surface area contributed by atoms with Crippen LogP contribution in [-0.4, -0.2) is 61.2 Å². The maximum atomic E-state index is 5.88. The molecular weight excluding hydrogens is 298 g/mol. The van der Waals surface area contributed by atoms with Gasteiger partial charge >= 0.3 is 0 Å². The number of aryl methyl sites for hydroxylation is 2. The number of aromatic nitrogens is 1. The third kappa shape index (κ3) is 4.00. The van der Waals surface area contributed by atoms with Crippen LogP contribution in [0.1, 0.15) is 29.7 Å². The number of likely N-dealkylation sites (N-methyl/N-ethyl adjacent to an activating group) is 1. The van der Waals surface area contributed by atoms with Crippen LogP contribution >= 0.6 is 0 Å². The van der Waals surface area contributed by atoms with E-state index in [1.807, 2.05) is 0 Å². The molecule has 1 aliphatic rings. The normalized spacial score (nSPS) is 18.3. The minimum Gasteiger partial charge on any atom is -0.377 e. The number of nitrogens with one attached hydrogen (secondary N) is 1. The summed E-state index contributed by atoms with van der Waals surface area (Å²) in [6.45, 7) is 9.45. The molecular formula is C20H31N3O. The van der Waals surface area contributed by atoms with E-state index in [0.29, 0.717) is 6.10 Å². The quantitative estimate of drug-likeness (QED) is 0.845. The number of para-hydroxylation sites is 1. The molecule has 24 heavy (non-hydrogen) atoms. The van der Waals surface area contributed by atoms with Crippen LogP contribution in [0.5, 0.6) is 0 Å². The Bertz CT molecular complexity index is 671. The summed E-state index contributed by atoms with van der Waals surface area (Å²) in [4.78, 5) is 8.40. The van der Waals surface area contributed by atoms with Crippen LogP contribution in [0.3, 0.4) is 0 Å². The molecule has 0 unspecified atom stereocenters. The minimum atomic E-state index is 0.401. The highest BCUT2D eigenvalue weighted by atomic mass is 16.5. The van der Waals surface area contributed by atoms with Crippen LogP contribution in [0.25, 0.3) is 10.9 Å². The Morgan fingerprint density at radius 3 is 2.75 bits per heavy atom. The van der Waals surface area contributed by atoms with E-state index in [2.05, 4.69) is 60.9 Å². The Morgan fingerprint density at radius 1 is 1.21 bits per heavy atom. The summed E-state index contributed by atoms with van der Waals surface area (Å²) in [5.74, 6) is 0. The fourth-order valence-electron chi connectivity index (χ4n) is 3.57. The fourth-order valence-corrected chi connectivity index (χ4v) is 3.57. The lowest BCUT2D eigenvalue weighted by Crippen LogP contribution is -2.36. The average Bonchev–Trinajstić information content (AvgIpc) is 3.15. The number of aromatic amines is 1. The van der Waals surface area contributed by atoms with Gasteiger partial charge in [-0.2, -0.15) is 0 Å². The van der Waals surface area contributed by atoms with E-state index in [1.165, 1.54) is 40.6 Å². The van der Waals surface area contributed by atoms with Gasteiger partial charge in [0.25, 0.3) is 0 Å². The highest BCUT2D eigenvalue weighted by molar-refractivity contribution is 5.87. The molecule has 0 spiro atoms. The molecule has 1 aromatic carbocycles. The monoisotopic (exact) mass is 329 g/mol. The van der Waals surface area contributed by atoms with Crippen LogP contribution in [0.4, 0.5) is 0 Å². The number of rotatable bonds is 7. The maximum Gasteiger partial charge on any atom is 0.0702 e. The highest BCUT2D eigenvalue weighted by Gasteiger charge is 2.20. The lowest BCUT2D eigenvalue weighted by Gasteiger charge is -2.27. The van der Waals surface area contributed by atoms with Gasteiger partial charge in [0, 0.05) is 43.9 Å². The number of benzene rings is 1. The second kappa shape index (κ2) is 7.68. The third-order valence-corrected chi connectivity index (χ3v) is 5.17. The van der Waals surface area contributed by atoms with E-state index in [4.69, 9.17) is 4.74 Å². The SMILES string of the molecule is Cc1[nH]c2c(CN(CCN(C)C)C[C@@H]3CCCO3)cccc2c1C. The van der Waals surface area contributed by atoms with Crippen LogP contribution in [-0.2, 0) is 11.3 Å². The fraction of sp³-hybridized carbons (Fsp3) is 0.600. The van der Waals surface area contributed by atoms with Crippen molar-refractivity contribution in [1.29, 1.82) is 0 Å². The molecule has 0 aliphatic carbocycles. The maximum absolute atomic E-state index is 5.88. The number of nitrogens with zero attached hydrogens (tertiary/aromatic N) is 2. The Labute approximate surface area is 145 Å². The van der Waals surface area contributed by atoms with Crippen molar-refractivity contribution in [2.75, 3.05) is 40.3 Å². The van der Waals surface area contributed by atoms with E-state index < -0.39 is 0 Å². The molecule has 1 N–H and O–H groups in total. The van der Waals surface area contributed by atoms with Crippen LogP contribution < -0.4 is 0 Å². The molecule has 0 radical (unpaired) electrons. The Kier molecular flexibility index (Phi) is 5.59. The second-order valence-electron chi connectivity index (χ2n) is 7.39. The molecule has 0 saturated carbocycles. The van der Waals surface area contributed by atoms with Crippen molar-refractivity contribution in [2.24, 2.45) is 0 Å². The van der Waals surface area contributed by atoms with Crippen LogP contribution in [0, 0.1) is 13.8 Å². The molecule has 3 rings (SSSR count). The van der Waals surface area contributed by atoms with E-state index in [0.717, 1.165) is 32.8 Å². The summed E-state index contributed by atoms with van der Waals surface area (Å²) >= 11 is 0. The zero-order valence-electron chi connectivity index (χ0n) is 15.6. The average molecular weight is 329 g/mol. The van der Waals surface area contributed by atoms with E-state index in [1.54, 1.807) is 0 Å². The summed E-state index contributed by atoms with van der Waals surface area (Å²) in [6, 6.07) is 6.67. The first-order valence-corrected chi connectivity index (χ1v) is 9.10. The minimum absolute atomic E-state index is 0.401. The Hall–Kier alpha value is -1.36. The van der Waals surface area contributed by atoms with Crippen molar-refractivity contribution in [1.82, 2.24) is 14.8 Å². The van der Waals surface area contributed by atoms with Gasteiger partial charge in [0.2, 0.25) is 0 Å². The summed E-state index contributed by atoms with van der Waals surface area (Å²) in [5.41, 5.74) is 5.33. The molecule has 0 bridgehead atoms. The standard InChI is InChI=1S/C20H31N3O/c1-15-16(2)21-20-17(7-5-9-19(15)20)13-23(11-10-22(3)4)14-18-8-6-12-24-18/h5,7,9,18,21H,6,8,10-14H2,1-4H3/t18-/m0/s1. The van der Waals surface area contributed by atoms with E-state index >= 15 is 0 Å². The lowest BCUT2D eigenvalue weighted by atomic mass is 10.1. The van der Waals surface area contributed by atoms with Crippen molar-refractivity contribution in [2.45, 2.75) is 39.3 Å². The van der Waals surface area contributed by atoms with Crippen LogP contribution in [0.2, 0.25) is 0 Å². The zero-order chi connectivity index (χ0) is 17.1. The lowest BCUT2D eigenvalue weighted by molar-refractivity contribution is 0.0684. The van der Waals surface area contributed by atoms with Gasteiger partial charge in [0.15, 0.2) is 0 Å². The molecule has 2 aromatic rings. The second-order valence-corrected chi connectivity index (χ2v) is 7.39. The molecule has 4 heteroatoms. The molecule has 1 atom stereocenters. The number of ether oxygens (including phenoxy) is 1.